The summed E-state index contributed by atoms with van der Waals surface area (Å²) in [7, 11) is 0. The van der Waals surface area contributed by atoms with Crippen LogP contribution in [-0.4, -0.2) is 24.1 Å². The van der Waals surface area contributed by atoms with Gasteiger partial charge in [0.15, 0.2) is 16.6 Å². The van der Waals surface area contributed by atoms with Crippen LogP contribution < -0.4 is 14.8 Å². The van der Waals surface area contributed by atoms with Crippen LogP contribution in [0, 0.1) is 0 Å². The Morgan fingerprint density at radius 1 is 1.04 bits per heavy atom. The third-order valence-electron chi connectivity index (χ3n) is 3.60. The summed E-state index contributed by atoms with van der Waals surface area (Å²) in [5, 5.41) is 5.32. The van der Waals surface area contributed by atoms with Crippen LogP contribution >= 0.6 is 11.3 Å². The van der Waals surface area contributed by atoms with E-state index in [0.29, 0.717) is 35.4 Å². The third-order valence-corrected chi connectivity index (χ3v) is 4.36. The fourth-order valence-electron chi connectivity index (χ4n) is 2.43. The maximum absolute atomic E-state index is 12.5. The number of carbonyl (C=O) groups excluding carboxylic acids is 1. The maximum Gasteiger partial charge on any atom is 0.257 e. The van der Waals surface area contributed by atoms with Crippen LogP contribution in [0.25, 0.3) is 11.3 Å². The molecule has 0 aliphatic rings. The van der Waals surface area contributed by atoms with Gasteiger partial charge in [-0.15, -0.1) is 11.3 Å². The van der Waals surface area contributed by atoms with Crippen LogP contribution in [0.1, 0.15) is 24.2 Å². The van der Waals surface area contributed by atoms with E-state index in [0.717, 1.165) is 11.3 Å². The number of carbonyl (C=O) groups is 1. The van der Waals surface area contributed by atoms with Gasteiger partial charge in [0.2, 0.25) is 0 Å². The first-order valence-corrected chi connectivity index (χ1v) is 9.31. The molecule has 0 atom stereocenters. The molecule has 134 valence electrons. The van der Waals surface area contributed by atoms with E-state index in [2.05, 4.69) is 10.3 Å². The number of ether oxygens (including phenoxy) is 2. The fraction of sp³-hybridized carbons (Fsp3) is 0.200. The molecule has 0 bridgehead atoms. The number of hydrogen-bond acceptors (Lipinski definition) is 5. The molecule has 3 aromatic rings. The summed E-state index contributed by atoms with van der Waals surface area (Å²) in [6.07, 6.45) is 0. The second-order valence-corrected chi connectivity index (χ2v) is 6.24. The van der Waals surface area contributed by atoms with Crippen molar-refractivity contribution in [3.8, 4) is 22.8 Å². The summed E-state index contributed by atoms with van der Waals surface area (Å²) < 4.78 is 11.1. The monoisotopic (exact) mass is 368 g/mol. The summed E-state index contributed by atoms with van der Waals surface area (Å²) in [6, 6.07) is 15.0. The third kappa shape index (κ3) is 4.21. The number of amides is 1. The van der Waals surface area contributed by atoms with Crippen LogP contribution in [0.2, 0.25) is 0 Å². The predicted molar refractivity (Wildman–Crippen MR) is 104 cm³/mol. The topological polar surface area (TPSA) is 60.5 Å². The molecule has 3 rings (SSSR count). The fourth-order valence-corrected chi connectivity index (χ4v) is 3.15. The lowest BCUT2D eigenvalue weighted by atomic mass is 10.2. The highest BCUT2D eigenvalue weighted by molar-refractivity contribution is 7.14. The normalized spacial score (nSPS) is 10.4. The van der Waals surface area contributed by atoms with Crippen molar-refractivity contribution in [2.24, 2.45) is 0 Å². The number of aromatic nitrogens is 1. The molecule has 0 unspecified atom stereocenters. The van der Waals surface area contributed by atoms with Crippen molar-refractivity contribution < 1.29 is 14.3 Å². The lowest BCUT2D eigenvalue weighted by Crippen LogP contribution is -2.12. The smallest absolute Gasteiger partial charge is 0.257 e. The predicted octanol–water partition coefficient (Wildman–Crippen LogP) is 4.86. The first-order chi connectivity index (χ1) is 12.7. The van der Waals surface area contributed by atoms with Gasteiger partial charge in [-0.1, -0.05) is 30.3 Å². The zero-order valence-electron chi connectivity index (χ0n) is 14.7. The van der Waals surface area contributed by atoms with Crippen LogP contribution in [0.15, 0.2) is 53.9 Å². The van der Waals surface area contributed by atoms with E-state index in [4.69, 9.17) is 9.47 Å². The Bertz CT molecular complexity index is 878. The average Bonchev–Trinajstić information content (AvgIpc) is 3.13. The van der Waals surface area contributed by atoms with Crippen molar-refractivity contribution in [1.29, 1.82) is 0 Å². The van der Waals surface area contributed by atoms with E-state index in [1.807, 2.05) is 49.6 Å². The molecule has 0 aliphatic heterocycles. The van der Waals surface area contributed by atoms with Gasteiger partial charge >= 0.3 is 0 Å². The van der Waals surface area contributed by atoms with Gasteiger partial charge < -0.3 is 9.47 Å². The maximum atomic E-state index is 12.5. The molecule has 1 amide bonds. The van der Waals surface area contributed by atoms with E-state index in [1.165, 1.54) is 11.3 Å². The molecule has 0 radical (unpaired) electrons. The Kier molecular flexibility index (Phi) is 5.86. The minimum atomic E-state index is -0.233. The summed E-state index contributed by atoms with van der Waals surface area (Å²) in [4.78, 5) is 17.0. The number of benzene rings is 2. The highest BCUT2D eigenvalue weighted by Gasteiger charge is 2.13. The van der Waals surface area contributed by atoms with E-state index < -0.39 is 0 Å². The first-order valence-electron chi connectivity index (χ1n) is 8.43. The molecule has 6 heteroatoms. The molecule has 0 aliphatic carbocycles. The Morgan fingerprint density at radius 3 is 2.50 bits per heavy atom. The molecule has 0 saturated carbocycles. The molecule has 5 nitrogen and oxygen atoms in total. The molecule has 2 aromatic carbocycles. The number of hydrogen-bond donors (Lipinski definition) is 1. The summed E-state index contributed by atoms with van der Waals surface area (Å²) in [5.74, 6) is 0.959. The van der Waals surface area contributed by atoms with Crippen molar-refractivity contribution in [2.75, 3.05) is 18.5 Å². The Balaban J connectivity index is 1.76. The Hall–Kier alpha value is -2.86. The quantitative estimate of drug-likeness (QED) is 0.647. The van der Waals surface area contributed by atoms with Gasteiger partial charge in [0, 0.05) is 16.5 Å². The molecule has 0 spiro atoms. The van der Waals surface area contributed by atoms with Gasteiger partial charge in [-0.05, 0) is 32.0 Å². The number of rotatable bonds is 7. The van der Waals surface area contributed by atoms with E-state index in [-0.39, 0.29) is 5.91 Å². The molecule has 1 aromatic heterocycles. The van der Waals surface area contributed by atoms with Gasteiger partial charge in [-0.3, -0.25) is 10.1 Å². The van der Waals surface area contributed by atoms with E-state index >= 15 is 0 Å². The molecule has 1 heterocycles. The molecule has 0 fully saturated rings. The molecule has 1 N–H and O–H groups in total. The van der Waals surface area contributed by atoms with Crippen molar-refractivity contribution in [3.63, 3.8) is 0 Å². The lowest BCUT2D eigenvalue weighted by Gasteiger charge is -2.12. The minimum absolute atomic E-state index is 0.233. The van der Waals surface area contributed by atoms with Gasteiger partial charge in [-0.2, -0.15) is 0 Å². The van der Waals surface area contributed by atoms with Crippen molar-refractivity contribution in [2.45, 2.75) is 13.8 Å². The largest absolute Gasteiger partial charge is 0.490 e. The van der Waals surface area contributed by atoms with Crippen LogP contribution in [-0.2, 0) is 0 Å². The molecular weight excluding hydrogens is 348 g/mol. The molecule has 26 heavy (non-hydrogen) atoms. The Labute approximate surface area is 156 Å². The second kappa shape index (κ2) is 8.49. The summed E-state index contributed by atoms with van der Waals surface area (Å²) in [5.41, 5.74) is 2.35. The van der Waals surface area contributed by atoms with Crippen LogP contribution in [0.3, 0.4) is 0 Å². The summed E-state index contributed by atoms with van der Waals surface area (Å²) >= 11 is 1.39. The minimum Gasteiger partial charge on any atom is -0.490 e. The number of anilines is 1. The van der Waals surface area contributed by atoms with Gasteiger partial charge in [0.1, 0.15) is 0 Å². The van der Waals surface area contributed by atoms with E-state index in [1.54, 1.807) is 18.2 Å². The second-order valence-electron chi connectivity index (χ2n) is 5.39. The first kappa shape index (κ1) is 17.9. The lowest BCUT2D eigenvalue weighted by molar-refractivity contribution is 0.102. The van der Waals surface area contributed by atoms with Crippen LogP contribution in [0.4, 0.5) is 5.13 Å². The highest BCUT2D eigenvalue weighted by Crippen LogP contribution is 2.29. The van der Waals surface area contributed by atoms with Gasteiger partial charge in [-0.25, -0.2) is 4.98 Å². The van der Waals surface area contributed by atoms with Crippen molar-refractivity contribution in [3.05, 3.63) is 59.5 Å². The summed E-state index contributed by atoms with van der Waals surface area (Å²) in [6.45, 7) is 4.83. The van der Waals surface area contributed by atoms with Crippen LogP contribution in [0.5, 0.6) is 11.5 Å². The van der Waals surface area contributed by atoms with E-state index in [9.17, 15) is 4.79 Å². The number of nitrogens with zero attached hydrogens (tertiary/aromatic N) is 1. The number of nitrogens with one attached hydrogen (secondary N) is 1. The molecule has 0 saturated heterocycles. The number of thiazole rings is 1. The standard InChI is InChI=1S/C20H20N2O3S/c1-3-24-17-11-10-15(12-18(17)25-4-2)19(23)22-20-21-16(13-26-20)14-8-6-5-7-9-14/h5-13H,3-4H2,1-2H3,(H,21,22,23). The van der Waals surface area contributed by atoms with Crippen molar-refractivity contribution >= 4 is 22.4 Å². The Morgan fingerprint density at radius 2 is 1.77 bits per heavy atom. The highest BCUT2D eigenvalue weighted by atomic mass is 32.1. The van der Waals surface area contributed by atoms with Gasteiger partial charge in [0.05, 0.1) is 18.9 Å². The average molecular weight is 368 g/mol. The van der Waals surface area contributed by atoms with Crippen molar-refractivity contribution in [1.82, 2.24) is 4.98 Å². The zero-order valence-corrected chi connectivity index (χ0v) is 15.5. The van der Waals surface area contributed by atoms with Gasteiger partial charge in [0.25, 0.3) is 5.91 Å². The SMILES string of the molecule is CCOc1ccc(C(=O)Nc2nc(-c3ccccc3)cs2)cc1OCC. The molecular formula is C20H20N2O3S. The zero-order chi connectivity index (χ0) is 18.4.